The van der Waals surface area contributed by atoms with Crippen molar-refractivity contribution in [3.63, 3.8) is 0 Å². The number of carbonyl (C=O) groups is 1. The maximum Gasteiger partial charge on any atom is 0.240 e. The second kappa shape index (κ2) is 8.61. The Morgan fingerprint density at radius 2 is 2.24 bits per heavy atom. The SMILES string of the molecule is C/C(=N/Nc1nc(SCC(=O)NC2CCCC2)n[nH]1)c1ccccn1. The van der Waals surface area contributed by atoms with Gasteiger partial charge in [-0.3, -0.25) is 9.78 Å². The summed E-state index contributed by atoms with van der Waals surface area (Å²) < 4.78 is 0. The number of amides is 1. The van der Waals surface area contributed by atoms with Crippen LogP contribution in [0.3, 0.4) is 0 Å². The third-order valence-corrected chi connectivity index (χ3v) is 4.73. The molecule has 3 N–H and O–H groups in total. The first-order valence-electron chi connectivity index (χ1n) is 8.27. The molecule has 3 rings (SSSR count). The minimum absolute atomic E-state index is 0.0280. The van der Waals surface area contributed by atoms with E-state index in [-0.39, 0.29) is 5.91 Å². The van der Waals surface area contributed by atoms with Crippen molar-refractivity contribution in [2.45, 2.75) is 43.8 Å². The number of aromatic amines is 1. The molecule has 1 saturated carbocycles. The lowest BCUT2D eigenvalue weighted by Gasteiger charge is -2.10. The lowest BCUT2D eigenvalue weighted by molar-refractivity contribution is -0.119. The number of H-pyrrole nitrogens is 1. The summed E-state index contributed by atoms with van der Waals surface area (Å²) in [4.78, 5) is 20.4. The smallest absolute Gasteiger partial charge is 0.240 e. The van der Waals surface area contributed by atoms with Gasteiger partial charge in [0.2, 0.25) is 17.0 Å². The van der Waals surface area contributed by atoms with E-state index in [1.165, 1.54) is 24.6 Å². The highest BCUT2D eigenvalue weighted by atomic mass is 32.2. The molecule has 9 heteroatoms. The second-order valence-corrected chi connectivity index (χ2v) is 6.77. The molecule has 0 saturated heterocycles. The number of hydrogen-bond donors (Lipinski definition) is 3. The lowest BCUT2D eigenvalue weighted by Crippen LogP contribution is -2.33. The van der Waals surface area contributed by atoms with Crippen LogP contribution in [0.5, 0.6) is 0 Å². The first-order chi connectivity index (χ1) is 12.2. The predicted octanol–water partition coefficient (Wildman–Crippen LogP) is 2.19. The Balaban J connectivity index is 1.46. The molecule has 1 aliphatic rings. The van der Waals surface area contributed by atoms with Gasteiger partial charge in [-0.05, 0) is 31.9 Å². The Bertz CT molecular complexity index is 725. The maximum absolute atomic E-state index is 11.9. The van der Waals surface area contributed by atoms with Gasteiger partial charge in [0.1, 0.15) is 0 Å². The molecular weight excluding hydrogens is 338 g/mol. The van der Waals surface area contributed by atoms with E-state index in [4.69, 9.17) is 0 Å². The standard InChI is InChI=1S/C16H21N7OS/c1-11(13-8-4-5-9-17-13)20-21-15-19-16(23-22-15)25-10-14(24)18-12-6-2-3-7-12/h4-5,8-9,12H,2-3,6-7,10H2,1H3,(H,18,24)(H2,19,21,22,23)/b20-11-. The molecule has 1 fully saturated rings. The molecule has 2 aromatic heterocycles. The maximum atomic E-state index is 11.9. The van der Waals surface area contributed by atoms with Gasteiger partial charge in [0, 0.05) is 12.2 Å². The van der Waals surface area contributed by atoms with Crippen molar-refractivity contribution in [3.05, 3.63) is 30.1 Å². The number of hydrogen-bond acceptors (Lipinski definition) is 7. The van der Waals surface area contributed by atoms with Gasteiger partial charge in [-0.1, -0.05) is 30.7 Å². The Labute approximate surface area is 150 Å². The van der Waals surface area contributed by atoms with Crippen molar-refractivity contribution in [2.75, 3.05) is 11.2 Å². The van der Waals surface area contributed by atoms with Crippen molar-refractivity contribution in [1.29, 1.82) is 0 Å². The van der Waals surface area contributed by atoms with Crippen LogP contribution in [0.15, 0.2) is 34.7 Å². The van der Waals surface area contributed by atoms with E-state index in [9.17, 15) is 4.79 Å². The Morgan fingerprint density at radius 1 is 1.40 bits per heavy atom. The zero-order valence-electron chi connectivity index (χ0n) is 14.0. The van der Waals surface area contributed by atoms with Crippen LogP contribution in [0.25, 0.3) is 0 Å². The highest BCUT2D eigenvalue weighted by molar-refractivity contribution is 7.99. The highest BCUT2D eigenvalue weighted by Gasteiger charge is 2.17. The quantitative estimate of drug-likeness (QED) is 0.397. The van der Waals surface area contributed by atoms with Gasteiger partial charge in [0.25, 0.3) is 0 Å². The topological polar surface area (TPSA) is 108 Å². The Morgan fingerprint density at radius 3 is 3.00 bits per heavy atom. The van der Waals surface area contributed by atoms with E-state index >= 15 is 0 Å². The average Bonchev–Trinajstić information content (AvgIpc) is 3.30. The average molecular weight is 359 g/mol. The van der Waals surface area contributed by atoms with Crippen molar-refractivity contribution in [3.8, 4) is 0 Å². The molecular formula is C16H21N7OS. The van der Waals surface area contributed by atoms with Crippen molar-refractivity contribution in [1.82, 2.24) is 25.5 Å². The summed E-state index contributed by atoms with van der Waals surface area (Å²) in [6.45, 7) is 1.86. The molecule has 0 spiro atoms. The molecule has 0 radical (unpaired) electrons. The molecule has 25 heavy (non-hydrogen) atoms. The molecule has 0 atom stereocenters. The van der Waals surface area contributed by atoms with Gasteiger partial charge >= 0.3 is 0 Å². The zero-order valence-corrected chi connectivity index (χ0v) is 14.8. The minimum Gasteiger partial charge on any atom is -0.353 e. The second-order valence-electron chi connectivity index (χ2n) is 5.83. The third-order valence-electron chi connectivity index (χ3n) is 3.88. The van der Waals surface area contributed by atoms with E-state index in [0.717, 1.165) is 24.2 Å². The summed E-state index contributed by atoms with van der Waals surface area (Å²) in [6, 6.07) is 5.97. The summed E-state index contributed by atoms with van der Waals surface area (Å²) in [6.07, 6.45) is 6.28. The normalized spacial score (nSPS) is 15.3. The van der Waals surface area contributed by atoms with Crippen molar-refractivity contribution < 1.29 is 4.79 Å². The predicted molar refractivity (Wildman–Crippen MR) is 97.6 cm³/mol. The van der Waals surface area contributed by atoms with E-state index in [2.05, 4.69) is 36.0 Å². The lowest BCUT2D eigenvalue weighted by atomic mass is 10.2. The summed E-state index contributed by atoms with van der Waals surface area (Å²) in [5, 5.41) is 14.6. The van der Waals surface area contributed by atoms with Crippen LogP contribution >= 0.6 is 11.8 Å². The fraction of sp³-hybridized carbons (Fsp3) is 0.438. The summed E-state index contributed by atoms with van der Waals surface area (Å²) in [7, 11) is 0. The first kappa shape index (κ1) is 17.4. The van der Waals surface area contributed by atoms with Crippen molar-refractivity contribution >= 4 is 29.3 Å². The van der Waals surface area contributed by atoms with Gasteiger partial charge in [-0.25, -0.2) is 10.5 Å². The van der Waals surface area contributed by atoms with Crippen LogP contribution < -0.4 is 10.7 Å². The highest BCUT2D eigenvalue weighted by Crippen LogP contribution is 2.18. The van der Waals surface area contributed by atoms with Gasteiger partial charge < -0.3 is 5.32 Å². The molecule has 0 aliphatic heterocycles. The molecule has 0 bridgehead atoms. The van der Waals surface area contributed by atoms with Crippen LogP contribution in [0.1, 0.15) is 38.3 Å². The number of aromatic nitrogens is 4. The number of hydrazone groups is 1. The fourth-order valence-corrected chi connectivity index (χ4v) is 3.21. The largest absolute Gasteiger partial charge is 0.353 e. The van der Waals surface area contributed by atoms with E-state index in [1.807, 2.05) is 25.1 Å². The van der Waals surface area contributed by atoms with Crippen molar-refractivity contribution in [2.24, 2.45) is 5.10 Å². The van der Waals surface area contributed by atoms with Crippen LogP contribution in [-0.4, -0.2) is 43.6 Å². The van der Waals surface area contributed by atoms with Gasteiger partial charge in [-0.2, -0.15) is 10.1 Å². The molecule has 8 nitrogen and oxygen atoms in total. The zero-order chi connectivity index (χ0) is 17.5. The molecule has 0 aromatic carbocycles. The number of carbonyl (C=O) groups excluding carboxylic acids is 1. The van der Waals surface area contributed by atoms with Crippen LogP contribution in [0.2, 0.25) is 0 Å². The van der Waals surface area contributed by atoms with E-state index < -0.39 is 0 Å². The molecule has 2 heterocycles. The third kappa shape index (κ3) is 5.28. The number of pyridine rings is 1. The van der Waals surface area contributed by atoms with Gasteiger partial charge in [-0.15, -0.1) is 5.10 Å². The molecule has 0 unspecified atom stereocenters. The number of nitrogens with zero attached hydrogens (tertiary/aromatic N) is 4. The number of rotatable bonds is 7. The summed E-state index contributed by atoms with van der Waals surface area (Å²) in [5.41, 5.74) is 4.34. The molecule has 132 valence electrons. The monoisotopic (exact) mass is 359 g/mol. The number of nitrogens with one attached hydrogen (secondary N) is 3. The summed E-state index contributed by atoms with van der Waals surface area (Å²) >= 11 is 1.30. The van der Waals surface area contributed by atoms with Crippen LogP contribution in [0, 0.1) is 0 Å². The number of thioether (sulfide) groups is 1. The van der Waals surface area contributed by atoms with E-state index in [0.29, 0.717) is 22.9 Å². The minimum atomic E-state index is 0.0280. The van der Waals surface area contributed by atoms with Gasteiger partial charge in [0.15, 0.2) is 0 Å². The summed E-state index contributed by atoms with van der Waals surface area (Å²) in [5.74, 6) is 0.763. The van der Waals surface area contributed by atoms with E-state index in [1.54, 1.807) is 6.20 Å². The molecule has 2 aromatic rings. The van der Waals surface area contributed by atoms with Crippen LogP contribution in [-0.2, 0) is 4.79 Å². The van der Waals surface area contributed by atoms with Gasteiger partial charge in [0.05, 0.1) is 17.2 Å². The Hall–Kier alpha value is -2.42. The fourth-order valence-electron chi connectivity index (χ4n) is 2.60. The number of anilines is 1. The molecule has 1 amide bonds. The molecule has 1 aliphatic carbocycles. The first-order valence-corrected chi connectivity index (χ1v) is 9.25. The Kier molecular flexibility index (Phi) is 5.99. The van der Waals surface area contributed by atoms with Crippen LogP contribution in [0.4, 0.5) is 5.95 Å².